The maximum Gasteiger partial charge on any atom is 0.316 e. The van der Waals surface area contributed by atoms with Crippen LogP contribution >= 0.6 is 0 Å². The zero-order chi connectivity index (χ0) is 28.4. The number of rotatable bonds is 6. The Bertz CT molecular complexity index is 1500. The highest BCUT2D eigenvalue weighted by Crippen LogP contribution is 2.43. The Kier molecular flexibility index (Phi) is 6.63. The molecule has 0 unspecified atom stereocenters. The van der Waals surface area contributed by atoms with Crippen molar-refractivity contribution < 1.29 is 13.5 Å². The van der Waals surface area contributed by atoms with Crippen molar-refractivity contribution in [2.75, 3.05) is 31.1 Å². The molecule has 1 aromatic heterocycles. The summed E-state index contributed by atoms with van der Waals surface area (Å²) in [7, 11) is 0. The molecular formula is C34H41F2N5O. The molecule has 0 amide bonds. The van der Waals surface area contributed by atoms with Crippen LogP contribution < -0.4 is 15.0 Å². The molecule has 5 aliphatic heterocycles. The Morgan fingerprint density at radius 3 is 2.79 bits per heavy atom. The molecule has 2 bridgehead atoms. The molecule has 1 N–H and O–H groups in total. The number of anilines is 1. The molecule has 4 saturated heterocycles. The monoisotopic (exact) mass is 573 g/mol. The predicted octanol–water partition coefficient (Wildman–Crippen LogP) is 5.85. The van der Waals surface area contributed by atoms with Crippen molar-refractivity contribution in [1.29, 1.82) is 0 Å². The van der Waals surface area contributed by atoms with Crippen LogP contribution in [-0.2, 0) is 19.4 Å². The molecule has 6 nitrogen and oxygen atoms in total. The van der Waals surface area contributed by atoms with Gasteiger partial charge in [0.2, 0.25) is 0 Å². The van der Waals surface area contributed by atoms with E-state index in [1.807, 2.05) is 13.0 Å². The van der Waals surface area contributed by atoms with Crippen molar-refractivity contribution in [3.05, 3.63) is 58.7 Å². The molecule has 3 aromatic rings. The summed E-state index contributed by atoms with van der Waals surface area (Å²) in [5, 5.41) is 5.85. The minimum Gasteiger partial charge on any atom is -0.461 e. The summed E-state index contributed by atoms with van der Waals surface area (Å²) in [6.07, 6.45) is 8.00. The van der Waals surface area contributed by atoms with Gasteiger partial charge in [-0.15, -0.1) is 0 Å². The summed E-state index contributed by atoms with van der Waals surface area (Å²) in [4.78, 5) is 14.8. The van der Waals surface area contributed by atoms with Crippen LogP contribution in [0, 0.1) is 5.82 Å². The summed E-state index contributed by atoms with van der Waals surface area (Å²) >= 11 is 0. The Morgan fingerprint density at radius 1 is 1.10 bits per heavy atom. The maximum atomic E-state index is 14.9. The number of halogens is 2. The number of alkyl halides is 1. The highest BCUT2D eigenvalue weighted by Gasteiger charge is 2.49. The van der Waals surface area contributed by atoms with E-state index in [1.54, 1.807) is 6.07 Å². The molecule has 0 saturated carbocycles. The highest BCUT2D eigenvalue weighted by molar-refractivity contribution is 5.97. The average Bonchev–Trinajstić information content (AvgIpc) is 3.65. The van der Waals surface area contributed by atoms with Crippen LogP contribution in [0.4, 0.5) is 14.5 Å². The fourth-order valence-electron chi connectivity index (χ4n) is 8.99. The van der Waals surface area contributed by atoms with Crippen LogP contribution in [0.15, 0.2) is 30.3 Å². The van der Waals surface area contributed by atoms with E-state index in [1.165, 1.54) is 24.1 Å². The number of nitrogens with one attached hydrogen (secondary N) is 1. The lowest BCUT2D eigenvalue weighted by atomic mass is 9.85. The first-order valence-electron chi connectivity index (χ1n) is 16.1. The summed E-state index contributed by atoms with van der Waals surface area (Å²) < 4.78 is 35.8. The Balaban J connectivity index is 1.15. The van der Waals surface area contributed by atoms with E-state index < -0.39 is 6.17 Å². The average molecular weight is 574 g/mol. The van der Waals surface area contributed by atoms with Gasteiger partial charge in [0.25, 0.3) is 0 Å². The largest absolute Gasteiger partial charge is 0.461 e. The number of piperidine rings is 1. The fraction of sp³-hybridized carbons (Fsp3) is 0.588. The standard InChI is InChI=1S/C34H41F2N5O/c1-2-26-28(36)10-7-21-5-3-6-30(31(21)26)40-14-11-27-29(19-40)38-33(39-32(27)22-15-24-8-9-25(16-22)37-24)42-20-34-12-4-13-41(34)18-23(35)17-34/h3,5-7,10,22-25,37H,2,4,8-9,11-20H2,1H3/t22-,23-,24-,25+,34+/m1/s1. The summed E-state index contributed by atoms with van der Waals surface area (Å²) in [6, 6.07) is 11.3. The first-order valence-corrected chi connectivity index (χ1v) is 16.1. The third-order valence-corrected chi connectivity index (χ3v) is 10.9. The normalized spacial score (nSPS) is 30.6. The lowest BCUT2D eigenvalue weighted by molar-refractivity contribution is 0.106. The van der Waals surface area contributed by atoms with E-state index in [0.29, 0.717) is 56.6 Å². The minimum absolute atomic E-state index is 0.140. The molecule has 4 fully saturated rings. The number of hydrogen-bond acceptors (Lipinski definition) is 6. The first kappa shape index (κ1) is 26.8. The van der Waals surface area contributed by atoms with Crippen molar-refractivity contribution in [2.24, 2.45) is 0 Å². The van der Waals surface area contributed by atoms with Gasteiger partial charge in [-0.2, -0.15) is 9.97 Å². The van der Waals surface area contributed by atoms with Crippen LogP contribution in [0.1, 0.15) is 80.3 Å². The van der Waals surface area contributed by atoms with E-state index in [0.717, 1.165) is 72.9 Å². The molecule has 5 atom stereocenters. The van der Waals surface area contributed by atoms with Crippen molar-refractivity contribution in [2.45, 2.75) is 101 Å². The zero-order valence-corrected chi connectivity index (χ0v) is 24.5. The van der Waals surface area contributed by atoms with Crippen LogP contribution in [0.5, 0.6) is 6.01 Å². The highest BCUT2D eigenvalue weighted by atomic mass is 19.1. The van der Waals surface area contributed by atoms with Gasteiger partial charge in [0.15, 0.2) is 0 Å². The van der Waals surface area contributed by atoms with E-state index in [-0.39, 0.29) is 11.4 Å². The van der Waals surface area contributed by atoms with Gasteiger partial charge < -0.3 is 15.0 Å². The fourth-order valence-corrected chi connectivity index (χ4v) is 8.99. The SMILES string of the molecule is CCc1c(F)ccc2cccc(N3CCc4c(nc(OC[C@@]56CCCN5C[C@H](F)C6)nc4[C@@H]4C[C@H]5CC[C@@H](C4)N5)C3)c12. The molecule has 0 spiro atoms. The lowest BCUT2D eigenvalue weighted by Crippen LogP contribution is -2.43. The molecule has 0 radical (unpaired) electrons. The molecule has 8 heteroatoms. The Hall–Kier alpha value is -2.84. The van der Waals surface area contributed by atoms with E-state index in [9.17, 15) is 8.78 Å². The minimum atomic E-state index is -0.786. The van der Waals surface area contributed by atoms with Crippen molar-refractivity contribution in [3.63, 3.8) is 0 Å². The third kappa shape index (κ3) is 4.48. The lowest BCUT2D eigenvalue weighted by Gasteiger charge is -2.35. The van der Waals surface area contributed by atoms with Crippen LogP contribution in [0.3, 0.4) is 0 Å². The molecule has 6 heterocycles. The van der Waals surface area contributed by atoms with Gasteiger partial charge in [0.1, 0.15) is 18.6 Å². The van der Waals surface area contributed by atoms with Gasteiger partial charge in [-0.3, -0.25) is 4.90 Å². The van der Waals surface area contributed by atoms with Gasteiger partial charge >= 0.3 is 6.01 Å². The van der Waals surface area contributed by atoms with E-state index >= 15 is 0 Å². The first-order chi connectivity index (χ1) is 20.5. The molecule has 5 aliphatic rings. The number of aryl methyl sites for hydroxylation is 1. The third-order valence-electron chi connectivity index (χ3n) is 10.9. The quantitative estimate of drug-likeness (QED) is 0.400. The molecule has 42 heavy (non-hydrogen) atoms. The van der Waals surface area contributed by atoms with Gasteiger partial charge in [-0.05, 0) is 86.6 Å². The summed E-state index contributed by atoms with van der Waals surface area (Å²) in [6.45, 7) is 5.40. The second-order valence-corrected chi connectivity index (χ2v) is 13.4. The van der Waals surface area contributed by atoms with Gasteiger partial charge in [0, 0.05) is 48.6 Å². The van der Waals surface area contributed by atoms with E-state index in [4.69, 9.17) is 14.7 Å². The van der Waals surface area contributed by atoms with Gasteiger partial charge in [0.05, 0.1) is 23.5 Å². The molecule has 8 rings (SSSR count). The number of benzene rings is 2. The molecular weight excluding hydrogens is 532 g/mol. The maximum absolute atomic E-state index is 14.9. The second-order valence-electron chi connectivity index (χ2n) is 13.4. The summed E-state index contributed by atoms with van der Waals surface area (Å²) in [5.74, 6) is 0.258. The van der Waals surface area contributed by atoms with Crippen molar-refractivity contribution in [1.82, 2.24) is 20.2 Å². The summed E-state index contributed by atoms with van der Waals surface area (Å²) in [5.41, 5.74) is 5.07. The zero-order valence-electron chi connectivity index (χ0n) is 24.5. The smallest absolute Gasteiger partial charge is 0.316 e. The van der Waals surface area contributed by atoms with Crippen molar-refractivity contribution >= 4 is 16.5 Å². The number of aromatic nitrogens is 2. The Morgan fingerprint density at radius 2 is 1.95 bits per heavy atom. The topological polar surface area (TPSA) is 53.5 Å². The second kappa shape index (κ2) is 10.4. The predicted molar refractivity (Wildman–Crippen MR) is 161 cm³/mol. The van der Waals surface area contributed by atoms with Gasteiger partial charge in [-0.25, -0.2) is 8.78 Å². The number of nitrogens with zero attached hydrogens (tertiary/aromatic N) is 4. The Labute approximate surface area is 246 Å². The number of ether oxygens (including phenoxy) is 1. The van der Waals surface area contributed by atoms with Crippen LogP contribution in [0.2, 0.25) is 0 Å². The molecule has 2 aromatic carbocycles. The number of hydrogen-bond donors (Lipinski definition) is 1. The van der Waals surface area contributed by atoms with Crippen LogP contribution in [0.25, 0.3) is 10.8 Å². The molecule has 0 aliphatic carbocycles. The van der Waals surface area contributed by atoms with E-state index in [2.05, 4.69) is 33.3 Å². The van der Waals surface area contributed by atoms with Gasteiger partial charge in [-0.1, -0.05) is 25.1 Å². The molecule has 222 valence electrons. The van der Waals surface area contributed by atoms with Crippen molar-refractivity contribution in [3.8, 4) is 6.01 Å². The van der Waals surface area contributed by atoms with Crippen LogP contribution in [-0.4, -0.2) is 64.9 Å². The number of fused-ring (bicyclic) bond motifs is 5.